The number of ether oxygens (including phenoxy) is 1. The minimum absolute atomic E-state index is 0.0113. The summed E-state index contributed by atoms with van der Waals surface area (Å²) in [6.07, 6.45) is 6.78. The number of benzene rings is 1. The average Bonchev–Trinajstić information content (AvgIpc) is 3.16. The quantitative estimate of drug-likeness (QED) is 0.862. The second-order valence-electron chi connectivity index (χ2n) is 7.88. The van der Waals surface area contributed by atoms with Gasteiger partial charge in [-0.3, -0.25) is 4.79 Å². The number of carbonyl (C=O) groups is 1. The van der Waals surface area contributed by atoms with Crippen LogP contribution in [-0.2, 0) is 9.53 Å². The van der Waals surface area contributed by atoms with Crippen molar-refractivity contribution in [3.63, 3.8) is 0 Å². The van der Waals surface area contributed by atoms with Crippen molar-refractivity contribution >= 4 is 5.91 Å². The van der Waals surface area contributed by atoms with E-state index >= 15 is 0 Å². The summed E-state index contributed by atoms with van der Waals surface area (Å²) in [7, 11) is 4.23. The summed E-state index contributed by atoms with van der Waals surface area (Å²) in [5.41, 5.74) is 1.18. The largest absolute Gasteiger partial charge is 0.381 e. The molecule has 2 fully saturated rings. The first-order chi connectivity index (χ1) is 12.1. The summed E-state index contributed by atoms with van der Waals surface area (Å²) in [5.74, 6) is 0.668. The summed E-state index contributed by atoms with van der Waals surface area (Å²) >= 11 is 0. The van der Waals surface area contributed by atoms with Crippen LogP contribution in [0.1, 0.15) is 50.0 Å². The molecule has 2 aliphatic rings. The maximum absolute atomic E-state index is 13.2. The van der Waals surface area contributed by atoms with E-state index in [9.17, 15) is 4.79 Å². The van der Waals surface area contributed by atoms with Crippen LogP contribution in [0.5, 0.6) is 0 Å². The van der Waals surface area contributed by atoms with Crippen LogP contribution >= 0.6 is 0 Å². The molecule has 1 amide bonds. The van der Waals surface area contributed by atoms with Crippen molar-refractivity contribution in [1.82, 2.24) is 10.2 Å². The van der Waals surface area contributed by atoms with Gasteiger partial charge in [0.25, 0.3) is 0 Å². The van der Waals surface area contributed by atoms with E-state index in [0.717, 1.165) is 31.6 Å². The van der Waals surface area contributed by atoms with Crippen molar-refractivity contribution in [2.45, 2.75) is 50.0 Å². The number of carbonyl (C=O) groups excluding carboxylic acids is 1. The third-order valence-electron chi connectivity index (χ3n) is 6.28. The third-order valence-corrected chi connectivity index (χ3v) is 6.28. The Morgan fingerprint density at radius 1 is 1.20 bits per heavy atom. The molecule has 1 saturated carbocycles. The van der Waals surface area contributed by atoms with E-state index in [2.05, 4.69) is 36.4 Å². The highest BCUT2D eigenvalue weighted by molar-refractivity contribution is 5.84. The van der Waals surface area contributed by atoms with Gasteiger partial charge in [0, 0.05) is 25.3 Å². The van der Waals surface area contributed by atoms with Gasteiger partial charge in [-0.2, -0.15) is 0 Å². The van der Waals surface area contributed by atoms with E-state index in [1.165, 1.54) is 25.7 Å². The Kier molecular flexibility index (Phi) is 6.13. The van der Waals surface area contributed by atoms with Crippen molar-refractivity contribution in [3.8, 4) is 0 Å². The molecule has 0 radical (unpaired) electrons. The predicted molar refractivity (Wildman–Crippen MR) is 101 cm³/mol. The highest BCUT2D eigenvalue weighted by Crippen LogP contribution is 2.37. The molecule has 1 heterocycles. The first-order valence-corrected chi connectivity index (χ1v) is 9.70. The van der Waals surface area contributed by atoms with Crippen LogP contribution in [-0.4, -0.2) is 50.2 Å². The topological polar surface area (TPSA) is 41.6 Å². The monoisotopic (exact) mass is 344 g/mol. The SMILES string of the molecule is CN(C)C1(CNC(=O)[C@H](c2ccccc2)C2CCCC2)CCOCC1. The molecule has 1 N–H and O–H groups in total. The summed E-state index contributed by atoms with van der Waals surface area (Å²) in [5, 5.41) is 3.31. The molecule has 1 aliphatic carbocycles. The van der Waals surface area contributed by atoms with Crippen LogP contribution in [0.2, 0.25) is 0 Å². The molecule has 0 spiro atoms. The first-order valence-electron chi connectivity index (χ1n) is 9.70. The lowest BCUT2D eigenvalue weighted by Crippen LogP contribution is -2.56. The Bertz CT molecular complexity index is 546. The van der Waals surface area contributed by atoms with Crippen molar-refractivity contribution in [1.29, 1.82) is 0 Å². The second kappa shape index (κ2) is 8.33. The fraction of sp³-hybridized carbons (Fsp3) is 0.667. The molecule has 138 valence electrons. The molecule has 4 heteroatoms. The number of hydrogen-bond donors (Lipinski definition) is 1. The van der Waals surface area contributed by atoms with Gasteiger partial charge < -0.3 is 15.0 Å². The van der Waals surface area contributed by atoms with E-state index < -0.39 is 0 Å². The molecule has 1 saturated heterocycles. The maximum Gasteiger partial charge on any atom is 0.227 e. The number of likely N-dealkylation sites (N-methyl/N-ethyl adjacent to an activating group) is 1. The summed E-state index contributed by atoms with van der Waals surface area (Å²) in [4.78, 5) is 15.4. The first kappa shape index (κ1) is 18.4. The van der Waals surface area contributed by atoms with Gasteiger partial charge >= 0.3 is 0 Å². The molecule has 1 aromatic carbocycles. The zero-order valence-electron chi connectivity index (χ0n) is 15.7. The van der Waals surface area contributed by atoms with Crippen LogP contribution in [0.3, 0.4) is 0 Å². The van der Waals surface area contributed by atoms with Crippen molar-refractivity contribution in [2.24, 2.45) is 5.92 Å². The van der Waals surface area contributed by atoms with Gasteiger partial charge in [-0.05, 0) is 51.3 Å². The molecule has 1 aromatic rings. The molecule has 1 atom stereocenters. The molecule has 1 aliphatic heterocycles. The fourth-order valence-electron chi connectivity index (χ4n) is 4.48. The Hall–Kier alpha value is -1.39. The minimum atomic E-state index is -0.0113. The van der Waals surface area contributed by atoms with Gasteiger partial charge in [0.15, 0.2) is 0 Å². The van der Waals surface area contributed by atoms with E-state index in [4.69, 9.17) is 4.74 Å². The molecule has 4 nitrogen and oxygen atoms in total. The lowest BCUT2D eigenvalue weighted by Gasteiger charge is -2.43. The zero-order valence-corrected chi connectivity index (χ0v) is 15.7. The molecule has 25 heavy (non-hydrogen) atoms. The van der Waals surface area contributed by atoms with Gasteiger partial charge in [0.05, 0.1) is 5.92 Å². The van der Waals surface area contributed by atoms with Gasteiger partial charge in [-0.15, -0.1) is 0 Å². The third kappa shape index (κ3) is 4.24. The van der Waals surface area contributed by atoms with Gasteiger partial charge in [0.1, 0.15) is 0 Å². The predicted octanol–water partition coefficient (Wildman–Crippen LogP) is 3.19. The second-order valence-corrected chi connectivity index (χ2v) is 7.88. The lowest BCUT2D eigenvalue weighted by atomic mass is 9.83. The number of rotatable bonds is 6. The number of hydrogen-bond acceptors (Lipinski definition) is 3. The standard InChI is InChI=1S/C21H32N2O2/c1-23(2)21(12-14-25-15-13-21)16-22-20(24)19(18-10-6-7-11-18)17-8-4-3-5-9-17/h3-5,8-9,18-19H,6-7,10-16H2,1-2H3,(H,22,24)/t19-/m1/s1. The van der Waals surface area contributed by atoms with Crippen LogP contribution < -0.4 is 5.32 Å². The zero-order chi connectivity index (χ0) is 17.7. The van der Waals surface area contributed by atoms with E-state index in [1.807, 2.05) is 18.2 Å². The molecular formula is C21H32N2O2. The van der Waals surface area contributed by atoms with Crippen LogP contribution in [0.15, 0.2) is 30.3 Å². The Labute approximate surface area is 151 Å². The maximum atomic E-state index is 13.2. The van der Waals surface area contributed by atoms with Gasteiger partial charge in [0.2, 0.25) is 5.91 Å². The highest BCUT2D eigenvalue weighted by Gasteiger charge is 2.37. The van der Waals surface area contributed by atoms with E-state index in [-0.39, 0.29) is 17.4 Å². The normalized spacial score (nSPS) is 22.0. The summed E-state index contributed by atoms with van der Waals surface area (Å²) < 4.78 is 5.54. The van der Waals surface area contributed by atoms with Crippen molar-refractivity contribution in [2.75, 3.05) is 33.9 Å². The summed E-state index contributed by atoms with van der Waals surface area (Å²) in [6.45, 7) is 2.26. The molecular weight excluding hydrogens is 312 g/mol. The Morgan fingerprint density at radius 3 is 2.44 bits per heavy atom. The number of amides is 1. The Balaban J connectivity index is 1.71. The number of nitrogens with one attached hydrogen (secondary N) is 1. The lowest BCUT2D eigenvalue weighted by molar-refractivity contribution is -0.124. The van der Waals surface area contributed by atoms with Crippen molar-refractivity contribution in [3.05, 3.63) is 35.9 Å². The average molecular weight is 344 g/mol. The van der Waals surface area contributed by atoms with E-state index in [1.54, 1.807) is 0 Å². The molecule has 0 unspecified atom stereocenters. The smallest absolute Gasteiger partial charge is 0.227 e. The number of nitrogens with zero attached hydrogens (tertiary/aromatic N) is 1. The highest BCUT2D eigenvalue weighted by atomic mass is 16.5. The molecule has 0 bridgehead atoms. The Morgan fingerprint density at radius 2 is 1.84 bits per heavy atom. The van der Waals surface area contributed by atoms with Crippen molar-refractivity contribution < 1.29 is 9.53 Å². The van der Waals surface area contributed by atoms with Crippen LogP contribution in [0.4, 0.5) is 0 Å². The van der Waals surface area contributed by atoms with Gasteiger partial charge in [-0.25, -0.2) is 0 Å². The molecule has 0 aromatic heterocycles. The van der Waals surface area contributed by atoms with Crippen LogP contribution in [0, 0.1) is 5.92 Å². The van der Waals surface area contributed by atoms with E-state index in [0.29, 0.717) is 12.5 Å². The molecule has 3 rings (SSSR count). The summed E-state index contributed by atoms with van der Waals surface area (Å²) in [6, 6.07) is 10.3. The van der Waals surface area contributed by atoms with Gasteiger partial charge in [-0.1, -0.05) is 43.2 Å². The minimum Gasteiger partial charge on any atom is -0.381 e. The van der Waals surface area contributed by atoms with Crippen LogP contribution in [0.25, 0.3) is 0 Å². The fourth-order valence-corrected chi connectivity index (χ4v) is 4.48.